The average molecular weight is 281 g/mol. The SMILES string of the molecule is Cc1ccc(O[C@@H](C(=O)NC2CC2)c2ccccc2)cc1. The van der Waals surface area contributed by atoms with Crippen molar-refractivity contribution < 1.29 is 9.53 Å². The second kappa shape index (κ2) is 6.00. The monoisotopic (exact) mass is 281 g/mol. The Kier molecular flexibility index (Phi) is 3.91. The molecular formula is C18H19NO2. The van der Waals surface area contributed by atoms with Crippen LogP contribution in [0, 0.1) is 6.92 Å². The normalized spacial score (nSPS) is 15.3. The number of rotatable bonds is 5. The fraction of sp³-hybridized carbons (Fsp3) is 0.278. The third-order valence-corrected chi connectivity index (χ3v) is 3.54. The third kappa shape index (κ3) is 3.63. The molecule has 1 aliphatic rings. The fourth-order valence-corrected chi connectivity index (χ4v) is 2.16. The molecule has 1 aliphatic carbocycles. The number of hydrogen-bond acceptors (Lipinski definition) is 2. The lowest BCUT2D eigenvalue weighted by Gasteiger charge is -2.19. The van der Waals surface area contributed by atoms with Crippen LogP contribution in [0.3, 0.4) is 0 Å². The van der Waals surface area contributed by atoms with Gasteiger partial charge in [-0.1, -0.05) is 48.0 Å². The zero-order valence-electron chi connectivity index (χ0n) is 12.1. The zero-order chi connectivity index (χ0) is 14.7. The van der Waals surface area contributed by atoms with E-state index < -0.39 is 6.10 Å². The van der Waals surface area contributed by atoms with Crippen LogP contribution in [-0.2, 0) is 4.79 Å². The van der Waals surface area contributed by atoms with Crippen molar-refractivity contribution in [2.45, 2.75) is 31.9 Å². The van der Waals surface area contributed by atoms with Crippen molar-refractivity contribution in [3.8, 4) is 5.75 Å². The van der Waals surface area contributed by atoms with Crippen LogP contribution in [0.5, 0.6) is 5.75 Å². The molecule has 0 radical (unpaired) electrons. The Labute approximate surface area is 124 Å². The van der Waals surface area contributed by atoms with Crippen molar-refractivity contribution in [3.63, 3.8) is 0 Å². The third-order valence-electron chi connectivity index (χ3n) is 3.54. The largest absolute Gasteiger partial charge is 0.476 e. The van der Waals surface area contributed by atoms with E-state index in [-0.39, 0.29) is 5.91 Å². The molecule has 0 aliphatic heterocycles. The van der Waals surface area contributed by atoms with Crippen molar-refractivity contribution in [1.82, 2.24) is 5.32 Å². The number of benzene rings is 2. The summed E-state index contributed by atoms with van der Waals surface area (Å²) in [6.45, 7) is 2.03. The van der Waals surface area contributed by atoms with E-state index in [0.29, 0.717) is 11.8 Å². The van der Waals surface area contributed by atoms with E-state index in [9.17, 15) is 4.79 Å². The smallest absolute Gasteiger partial charge is 0.266 e. The maximum Gasteiger partial charge on any atom is 0.266 e. The summed E-state index contributed by atoms with van der Waals surface area (Å²) in [5.41, 5.74) is 2.04. The number of carbonyl (C=O) groups excluding carboxylic acids is 1. The van der Waals surface area contributed by atoms with Crippen molar-refractivity contribution in [2.24, 2.45) is 0 Å². The minimum absolute atomic E-state index is 0.0655. The van der Waals surface area contributed by atoms with E-state index in [2.05, 4.69) is 5.32 Å². The Morgan fingerprint density at radius 2 is 1.76 bits per heavy atom. The Hall–Kier alpha value is -2.29. The number of amides is 1. The molecule has 1 N–H and O–H groups in total. The van der Waals surface area contributed by atoms with Gasteiger partial charge in [-0.3, -0.25) is 4.79 Å². The molecule has 1 amide bonds. The van der Waals surface area contributed by atoms with Crippen molar-refractivity contribution in [2.75, 3.05) is 0 Å². The molecule has 0 heterocycles. The highest BCUT2D eigenvalue weighted by Gasteiger charge is 2.29. The highest BCUT2D eigenvalue weighted by Crippen LogP contribution is 2.25. The summed E-state index contributed by atoms with van der Waals surface area (Å²) in [5.74, 6) is 0.643. The topological polar surface area (TPSA) is 38.3 Å². The molecule has 0 bridgehead atoms. The van der Waals surface area contributed by atoms with E-state index in [1.165, 1.54) is 5.56 Å². The van der Waals surface area contributed by atoms with E-state index in [0.717, 1.165) is 18.4 Å². The second-order valence-corrected chi connectivity index (χ2v) is 5.50. The molecule has 3 rings (SSSR count). The molecule has 0 aromatic heterocycles. The molecule has 2 aromatic rings. The summed E-state index contributed by atoms with van der Waals surface area (Å²) in [6, 6.07) is 17.7. The lowest BCUT2D eigenvalue weighted by atomic mass is 10.1. The molecular weight excluding hydrogens is 262 g/mol. The van der Waals surface area contributed by atoms with Crippen LogP contribution in [0.1, 0.15) is 30.1 Å². The van der Waals surface area contributed by atoms with Crippen LogP contribution in [-0.4, -0.2) is 11.9 Å². The lowest BCUT2D eigenvalue weighted by molar-refractivity contribution is -0.128. The van der Waals surface area contributed by atoms with Crippen LogP contribution in [0.4, 0.5) is 0 Å². The molecule has 1 atom stereocenters. The highest BCUT2D eigenvalue weighted by molar-refractivity contribution is 5.83. The van der Waals surface area contributed by atoms with Crippen molar-refractivity contribution in [1.29, 1.82) is 0 Å². The molecule has 1 saturated carbocycles. The van der Waals surface area contributed by atoms with Gasteiger partial charge < -0.3 is 10.1 Å². The van der Waals surface area contributed by atoms with Crippen LogP contribution in [0.25, 0.3) is 0 Å². The zero-order valence-corrected chi connectivity index (χ0v) is 12.1. The summed E-state index contributed by atoms with van der Waals surface area (Å²) in [4.78, 5) is 12.4. The minimum atomic E-state index is -0.602. The summed E-state index contributed by atoms with van der Waals surface area (Å²) in [5, 5.41) is 3.02. The van der Waals surface area contributed by atoms with Gasteiger partial charge in [0.25, 0.3) is 5.91 Å². The number of aryl methyl sites for hydroxylation is 1. The predicted molar refractivity (Wildman–Crippen MR) is 82.2 cm³/mol. The quantitative estimate of drug-likeness (QED) is 0.912. The number of ether oxygens (including phenoxy) is 1. The van der Waals surface area contributed by atoms with E-state index in [4.69, 9.17) is 4.74 Å². The van der Waals surface area contributed by atoms with Crippen LogP contribution >= 0.6 is 0 Å². The fourth-order valence-electron chi connectivity index (χ4n) is 2.16. The van der Waals surface area contributed by atoms with E-state index in [1.807, 2.05) is 61.5 Å². The minimum Gasteiger partial charge on any atom is -0.476 e. The van der Waals surface area contributed by atoms with Crippen LogP contribution in [0.15, 0.2) is 54.6 Å². The molecule has 0 saturated heterocycles. The second-order valence-electron chi connectivity index (χ2n) is 5.50. The molecule has 3 nitrogen and oxygen atoms in total. The summed E-state index contributed by atoms with van der Waals surface area (Å²) >= 11 is 0. The van der Waals surface area contributed by atoms with Crippen LogP contribution in [0.2, 0.25) is 0 Å². The van der Waals surface area contributed by atoms with E-state index >= 15 is 0 Å². The van der Waals surface area contributed by atoms with Gasteiger partial charge in [-0.15, -0.1) is 0 Å². The van der Waals surface area contributed by atoms with Crippen molar-refractivity contribution in [3.05, 3.63) is 65.7 Å². The highest BCUT2D eigenvalue weighted by atomic mass is 16.5. The maximum atomic E-state index is 12.4. The van der Waals surface area contributed by atoms with Gasteiger partial charge in [0.2, 0.25) is 6.10 Å². The van der Waals surface area contributed by atoms with Gasteiger partial charge in [0, 0.05) is 11.6 Å². The Morgan fingerprint density at radius 3 is 2.38 bits per heavy atom. The number of carbonyl (C=O) groups is 1. The van der Waals surface area contributed by atoms with Crippen molar-refractivity contribution >= 4 is 5.91 Å². The number of nitrogens with one attached hydrogen (secondary N) is 1. The van der Waals surface area contributed by atoms with Gasteiger partial charge >= 0.3 is 0 Å². The standard InChI is InChI=1S/C18H19NO2/c1-13-7-11-16(12-8-13)21-17(14-5-3-2-4-6-14)18(20)19-15-9-10-15/h2-8,11-12,15,17H,9-10H2,1H3,(H,19,20)/t17-/m1/s1. The first kappa shape index (κ1) is 13.7. The first-order chi connectivity index (χ1) is 10.2. The molecule has 2 aromatic carbocycles. The van der Waals surface area contributed by atoms with E-state index in [1.54, 1.807) is 0 Å². The van der Waals surface area contributed by atoms with Gasteiger partial charge in [-0.2, -0.15) is 0 Å². The molecule has 1 fully saturated rings. The summed E-state index contributed by atoms with van der Waals surface area (Å²) < 4.78 is 5.93. The Bertz CT molecular complexity index is 603. The molecule has 21 heavy (non-hydrogen) atoms. The molecule has 0 unspecified atom stereocenters. The predicted octanol–water partition coefficient (Wildman–Crippen LogP) is 3.39. The lowest BCUT2D eigenvalue weighted by Crippen LogP contribution is -2.33. The average Bonchev–Trinajstić information content (AvgIpc) is 3.31. The van der Waals surface area contributed by atoms with Gasteiger partial charge in [-0.05, 0) is 31.9 Å². The summed E-state index contributed by atoms with van der Waals surface area (Å²) in [6.07, 6.45) is 1.53. The molecule has 3 heteroatoms. The Balaban J connectivity index is 1.80. The molecule has 0 spiro atoms. The van der Waals surface area contributed by atoms with Gasteiger partial charge in [0.05, 0.1) is 0 Å². The number of hydrogen-bond donors (Lipinski definition) is 1. The van der Waals surface area contributed by atoms with Gasteiger partial charge in [0.15, 0.2) is 0 Å². The van der Waals surface area contributed by atoms with Crippen LogP contribution < -0.4 is 10.1 Å². The maximum absolute atomic E-state index is 12.4. The first-order valence-electron chi connectivity index (χ1n) is 7.31. The van der Waals surface area contributed by atoms with Gasteiger partial charge in [0.1, 0.15) is 5.75 Å². The Morgan fingerprint density at radius 1 is 1.10 bits per heavy atom. The van der Waals surface area contributed by atoms with Gasteiger partial charge in [-0.25, -0.2) is 0 Å². The molecule has 108 valence electrons. The summed E-state index contributed by atoms with van der Waals surface area (Å²) in [7, 11) is 0. The first-order valence-corrected chi connectivity index (χ1v) is 7.31.